The van der Waals surface area contributed by atoms with Crippen LogP contribution in [0, 0.1) is 0 Å². The molecule has 5 nitrogen and oxygen atoms in total. The third kappa shape index (κ3) is 3.14. The maximum Gasteiger partial charge on any atom is 0.257 e. The Morgan fingerprint density at radius 3 is 2.95 bits per heavy atom. The van der Waals surface area contributed by atoms with E-state index in [9.17, 15) is 4.79 Å². The Hall–Kier alpha value is -1.72. The van der Waals surface area contributed by atoms with Gasteiger partial charge in [0, 0.05) is 25.2 Å². The molecular weight excluding hydrogens is 313 g/mol. The summed E-state index contributed by atoms with van der Waals surface area (Å²) >= 11 is 11.8. The summed E-state index contributed by atoms with van der Waals surface area (Å²) < 4.78 is 5.85. The summed E-state index contributed by atoms with van der Waals surface area (Å²) in [5.41, 5.74) is 0.560. The molecule has 0 unspecified atom stereocenters. The predicted molar refractivity (Wildman–Crippen MR) is 80.0 cm³/mol. The van der Waals surface area contributed by atoms with Crippen molar-refractivity contribution in [2.45, 2.75) is 12.5 Å². The van der Waals surface area contributed by atoms with Gasteiger partial charge in [-0.15, -0.1) is 0 Å². The molecule has 0 bridgehead atoms. The van der Waals surface area contributed by atoms with E-state index < -0.39 is 0 Å². The van der Waals surface area contributed by atoms with Gasteiger partial charge in [-0.25, -0.2) is 0 Å². The fraction of sp³-hybridized carbons (Fsp3) is 0.286. The van der Waals surface area contributed by atoms with Crippen LogP contribution < -0.4 is 4.74 Å². The fourth-order valence-electron chi connectivity index (χ4n) is 2.30. The molecule has 0 spiro atoms. The first-order chi connectivity index (χ1) is 10.1. The van der Waals surface area contributed by atoms with E-state index in [1.165, 1.54) is 6.20 Å². The van der Waals surface area contributed by atoms with E-state index in [0.717, 1.165) is 6.42 Å². The van der Waals surface area contributed by atoms with Gasteiger partial charge in [0.1, 0.15) is 11.9 Å². The van der Waals surface area contributed by atoms with E-state index >= 15 is 0 Å². The van der Waals surface area contributed by atoms with E-state index in [-0.39, 0.29) is 12.0 Å². The van der Waals surface area contributed by atoms with Gasteiger partial charge in [-0.3, -0.25) is 9.89 Å². The van der Waals surface area contributed by atoms with Gasteiger partial charge in [0.2, 0.25) is 0 Å². The molecular formula is C14H13Cl2N3O2. The SMILES string of the molecule is O=C(c1cn[nH]c1)N1CC[C@H](Oc2ccc(Cl)c(Cl)c2)C1. The number of halogens is 2. The van der Waals surface area contributed by atoms with Crippen LogP contribution in [0.15, 0.2) is 30.6 Å². The number of nitrogens with zero attached hydrogens (tertiary/aromatic N) is 2. The van der Waals surface area contributed by atoms with E-state index in [4.69, 9.17) is 27.9 Å². The molecule has 7 heteroatoms. The van der Waals surface area contributed by atoms with Gasteiger partial charge >= 0.3 is 0 Å². The summed E-state index contributed by atoms with van der Waals surface area (Å²) in [4.78, 5) is 13.9. The lowest BCUT2D eigenvalue weighted by molar-refractivity contribution is 0.0772. The topological polar surface area (TPSA) is 58.2 Å². The molecule has 110 valence electrons. The maximum atomic E-state index is 12.2. The molecule has 1 amide bonds. The summed E-state index contributed by atoms with van der Waals surface area (Å²) in [6.45, 7) is 1.21. The van der Waals surface area contributed by atoms with Crippen LogP contribution in [-0.2, 0) is 0 Å². The highest BCUT2D eigenvalue weighted by molar-refractivity contribution is 6.42. The Morgan fingerprint density at radius 1 is 1.38 bits per heavy atom. The quantitative estimate of drug-likeness (QED) is 0.943. The minimum absolute atomic E-state index is 0.0380. The number of amides is 1. The zero-order valence-corrected chi connectivity index (χ0v) is 12.6. The Morgan fingerprint density at radius 2 is 2.24 bits per heavy atom. The highest BCUT2D eigenvalue weighted by atomic mass is 35.5. The van der Waals surface area contributed by atoms with Crippen molar-refractivity contribution in [3.8, 4) is 5.75 Å². The molecule has 1 saturated heterocycles. The fourth-order valence-corrected chi connectivity index (χ4v) is 2.59. The summed E-state index contributed by atoms with van der Waals surface area (Å²) in [5, 5.41) is 7.38. The Balaban J connectivity index is 1.62. The monoisotopic (exact) mass is 325 g/mol. The van der Waals surface area contributed by atoms with Gasteiger partial charge in [-0.1, -0.05) is 23.2 Å². The number of benzene rings is 1. The van der Waals surface area contributed by atoms with Crippen LogP contribution >= 0.6 is 23.2 Å². The molecule has 3 rings (SSSR count). The normalized spacial score (nSPS) is 18.0. The van der Waals surface area contributed by atoms with Gasteiger partial charge in [-0.05, 0) is 12.1 Å². The van der Waals surface area contributed by atoms with E-state index in [1.54, 1.807) is 29.3 Å². The third-order valence-corrected chi connectivity index (χ3v) is 4.11. The molecule has 0 saturated carbocycles. The summed E-state index contributed by atoms with van der Waals surface area (Å²) in [6, 6.07) is 5.15. The van der Waals surface area contributed by atoms with Crippen LogP contribution in [0.25, 0.3) is 0 Å². The molecule has 0 radical (unpaired) electrons. The number of hydrogen-bond acceptors (Lipinski definition) is 3. The lowest BCUT2D eigenvalue weighted by atomic mass is 10.3. The first kappa shape index (κ1) is 14.2. The number of ether oxygens (including phenoxy) is 1. The van der Waals surface area contributed by atoms with Crippen molar-refractivity contribution in [2.75, 3.05) is 13.1 Å². The Kier molecular flexibility index (Phi) is 4.03. The first-order valence-electron chi connectivity index (χ1n) is 6.53. The minimum Gasteiger partial charge on any atom is -0.488 e. The molecule has 1 aromatic carbocycles. The first-order valence-corrected chi connectivity index (χ1v) is 7.29. The lowest BCUT2D eigenvalue weighted by Crippen LogP contribution is -2.30. The summed E-state index contributed by atoms with van der Waals surface area (Å²) in [6.07, 6.45) is 3.85. The highest BCUT2D eigenvalue weighted by Gasteiger charge is 2.28. The summed E-state index contributed by atoms with van der Waals surface area (Å²) in [5.74, 6) is 0.621. The molecule has 2 heterocycles. The average molecular weight is 326 g/mol. The van der Waals surface area contributed by atoms with Gasteiger partial charge in [0.15, 0.2) is 0 Å². The van der Waals surface area contributed by atoms with Crippen molar-refractivity contribution in [2.24, 2.45) is 0 Å². The average Bonchev–Trinajstić information content (AvgIpc) is 3.13. The number of rotatable bonds is 3. The lowest BCUT2D eigenvalue weighted by Gasteiger charge is -2.16. The van der Waals surface area contributed by atoms with E-state index in [0.29, 0.717) is 34.4 Å². The van der Waals surface area contributed by atoms with Gasteiger partial charge < -0.3 is 9.64 Å². The highest BCUT2D eigenvalue weighted by Crippen LogP contribution is 2.28. The molecule has 0 aliphatic carbocycles. The summed E-state index contributed by atoms with van der Waals surface area (Å²) in [7, 11) is 0. The number of aromatic amines is 1. The Labute approximate surface area is 131 Å². The van der Waals surface area contributed by atoms with Crippen LogP contribution in [0.2, 0.25) is 10.0 Å². The zero-order valence-electron chi connectivity index (χ0n) is 11.1. The van der Waals surface area contributed by atoms with Crippen molar-refractivity contribution in [3.05, 3.63) is 46.2 Å². The van der Waals surface area contributed by atoms with Crippen molar-refractivity contribution < 1.29 is 9.53 Å². The van der Waals surface area contributed by atoms with Gasteiger partial charge in [0.25, 0.3) is 5.91 Å². The molecule has 21 heavy (non-hydrogen) atoms. The van der Waals surface area contributed by atoms with Crippen LogP contribution in [0.4, 0.5) is 0 Å². The number of nitrogens with one attached hydrogen (secondary N) is 1. The van der Waals surface area contributed by atoms with Crippen molar-refractivity contribution in [3.63, 3.8) is 0 Å². The van der Waals surface area contributed by atoms with E-state index in [2.05, 4.69) is 10.2 Å². The largest absolute Gasteiger partial charge is 0.488 e. The molecule has 1 aliphatic heterocycles. The zero-order chi connectivity index (χ0) is 14.8. The van der Waals surface area contributed by atoms with Gasteiger partial charge in [0.05, 0.1) is 28.4 Å². The number of hydrogen-bond donors (Lipinski definition) is 1. The van der Waals surface area contributed by atoms with Gasteiger partial charge in [-0.2, -0.15) is 5.10 Å². The number of H-pyrrole nitrogens is 1. The van der Waals surface area contributed by atoms with Crippen LogP contribution in [-0.4, -0.2) is 40.2 Å². The maximum absolute atomic E-state index is 12.2. The van der Waals surface area contributed by atoms with E-state index in [1.807, 2.05) is 0 Å². The molecule has 2 aromatic rings. The predicted octanol–water partition coefficient (Wildman–Crippen LogP) is 3.01. The van der Waals surface area contributed by atoms with Crippen molar-refractivity contribution >= 4 is 29.1 Å². The molecule has 1 atom stereocenters. The molecule has 1 aliphatic rings. The van der Waals surface area contributed by atoms with Crippen molar-refractivity contribution in [1.82, 2.24) is 15.1 Å². The molecule has 1 fully saturated rings. The smallest absolute Gasteiger partial charge is 0.257 e. The second kappa shape index (κ2) is 5.95. The second-order valence-corrected chi connectivity index (χ2v) is 5.66. The van der Waals surface area contributed by atoms with Crippen molar-refractivity contribution in [1.29, 1.82) is 0 Å². The standard InChI is InChI=1S/C14H13Cl2N3O2/c15-12-2-1-10(5-13(12)16)21-11-3-4-19(8-11)14(20)9-6-17-18-7-9/h1-2,5-7,11H,3-4,8H2,(H,17,18)/t11-/m0/s1. The third-order valence-electron chi connectivity index (χ3n) is 3.37. The van der Waals surface area contributed by atoms with Crippen LogP contribution in [0.5, 0.6) is 5.75 Å². The molecule has 1 N–H and O–H groups in total. The minimum atomic E-state index is -0.0434. The van der Waals surface area contributed by atoms with Crippen LogP contribution in [0.3, 0.4) is 0 Å². The number of aromatic nitrogens is 2. The molecule has 1 aromatic heterocycles. The second-order valence-electron chi connectivity index (χ2n) is 4.84. The van der Waals surface area contributed by atoms with Crippen LogP contribution in [0.1, 0.15) is 16.8 Å². The Bertz CT molecular complexity index is 646. The number of likely N-dealkylation sites (tertiary alicyclic amines) is 1. The number of carbonyl (C=O) groups is 1. The number of carbonyl (C=O) groups excluding carboxylic acids is 1.